The Morgan fingerprint density at radius 3 is 1.97 bits per heavy atom. The number of anilines is 1. The van der Waals surface area contributed by atoms with Crippen molar-refractivity contribution in [1.82, 2.24) is 5.32 Å². The fourth-order valence-corrected chi connectivity index (χ4v) is 2.57. The molecule has 0 aromatic heterocycles. The number of benzene rings is 2. The van der Waals surface area contributed by atoms with E-state index < -0.39 is 74.9 Å². The van der Waals surface area contributed by atoms with Crippen molar-refractivity contribution in [2.75, 3.05) is 5.32 Å². The molecule has 180 valence electrons. The van der Waals surface area contributed by atoms with E-state index in [0.29, 0.717) is 12.1 Å². The molecule has 0 saturated heterocycles. The maximum Gasteiger partial charge on any atom is 0.439 e. The largest absolute Gasteiger partial charge is 0.439 e. The van der Waals surface area contributed by atoms with Crippen LogP contribution in [0, 0.1) is 17.5 Å². The highest BCUT2D eigenvalue weighted by Crippen LogP contribution is 2.41. The minimum Gasteiger partial charge on any atom is -0.428 e. The summed E-state index contributed by atoms with van der Waals surface area (Å²) in [6.07, 6.45) is -16.1. The van der Waals surface area contributed by atoms with Crippen molar-refractivity contribution in [1.29, 1.82) is 0 Å². The molecule has 0 bridgehead atoms. The lowest BCUT2D eigenvalue weighted by Crippen LogP contribution is -2.45. The van der Waals surface area contributed by atoms with E-state index in [2.05, 4.69) is 4.74 Å². The standard InChI is InChI=1S/C17H7Cl2F9N2O3/c18-6-4-11(33-17(27,28)14(23)16(24,25)26)7(19)3-10(6)29-15(32)30-13(31)12-8(21)1-5(20)2-9(12)22/h1-4,14H,(H2,29,30,31,32). The van der Waals surface area contributed by atoms with Gasteiger partial charge in [0, 0.05) is 18.2 Å². The second kappa shape index (κ2) is 9.55. The number of hydrogen-bond acceptors (Lipinski definition) is 3. The molecule has 0 spiro atoms. The number of halogens is 11. The van der Waals surface area contributed by atoms with Gasteiger partial charge < -0.3 is 10.1 Å². The third kappa shape index (κ3) is 6.35. The van der Waals surface area contributed by atoms with E-state index in [1.165, 1.54) is 5.32 Å². The van der Waals surface area contributed by atoms with Gasteiger partial charge in [0.25, 0.3) is 12.1 Å². The van der Waals surface area contributed by atoms with E-state index >= 15 is 0 Å². The first-order chi connectivity index (χ1) is 15.0. The van der Waals surface area contributed by atoms with Gasteiger partial charge in [-0.3, -0.25) is 10.1 Å². The zero-order valence-corrected chi connectivity index (χ0v) is 16.8. The van der Waals surface area contributed by atoms with Crippen LogP contribution in [0.4, 0.5) is 50.0 Å². The molecule has 0 fully saturated rings. The predicted molar refractivity (Wildman–Crippen MR) is 95.8 cm³/mol. The number of hydrogen-bond donors (Lipinski definition) is 2. The third-order valence-corrected chi connectivity index (χ3v) is 4.17. The van der Waals surface area contributed by atoms with E-state index in [1.807, 2.05) is 5.32 Å². The van der Waals surface area contributed by atoms with E-state index in [4.69, 9.17) is 23.2 Å². The molecule has 0 aliphatic carbocycles. The summed E-state index contributed by atoms with van der Waals surface area (Å²) >= 11 is 11.3. The second-order valence-corrected chi connectivity index (χ2v) is 6.80. The predicted octanol–water partition coefficient (Wildman–Crippen LogP) is 6.24. The molecular weight excluding hydrogens is 522 g/mol. The van der Waals surface area contributed by atoms with Crippen LogP contribution in [0.1, 0.15) is 10.4 Å². The van der Waals surface area contributed by atoms with Crippen LogP contribution < -0.4 is 15.4 Å². The highest BCUT2D eigenvalue weighted by Gasteiger charge is 2.59. The van der Waals surface area contributed by atoms with Gasteiger partial charge in [-0.05, 0) is 6.07 Å². The van der Waals surface area contributed by atoms with Crippen LogP contribution in [0.25, 0.3) is 0 Å². The summed E-state index contributed by atoms with van der Waals surface area (Å²) in [5.74, 6) is -7.45. The van der Waals surface area contributed by atoms with Gasteiger partial charge in [0.2, 0.25) is 0 Å². The van der Waals surface area contributed by atoms with Gasteiger partial charge in [0.15, 0.2) is 0 Å². The molecule has 0 aliphatic rings. The quantitative estimate of drug-likeness (QED) is 0.451. The average Bonchev–Trinajstić information content (AvgIpc) is 2.63. The average molecular weight is 529 g/mol. The van der Waals surface area contributed by atoms with E-state index in [-0.39, 0.29) is 12.1 Å². The van der Waals surface area contributed by atoms with Gasteiger partial charge in [0.1, 0.15) is 28.8 Å². The van der Waals surface area contributed by atoms with Gasteiger partial charge in [-0.25, -0.2) is 22.4 Å². The molecule has 2 rings (SSSR count). The van der Waals surface area contributed by atoms with Gasteiger partial charge in [-0.2, -0.15) is 22.0 Å². The Labute approximate surface area is 187 Å². The Morgan fingerprint density at radius 1 is 0.909 bits per heavy atom. The monoisotopic (exact) mass is 528 g/mol. The second-order valence-electron chi connectivity index (χ2n) is 5.98. The Bertz CT molecular complexity index is 1070. The molecular formula is C17H7Cl2F9N2O3. The SMILES string of the molecule is O=C(NC(=O)c1c(F)cc(F)cc1F)Nc1cc(Cl)c(OC(F)(F)C(F)C(F)(F)F)cc1Cl. The Kier molecular flexibility index (Phi) is 7.63. The Hall–Kier alpha value is -2.87. The Morgan fingerprint density at radius 2 is 1.45 bits per heavy atom. The number of carbonyl (C=O) groups is 2. The summed E-state index contributed by atoms with van der Waals surface area (Å²) in [5, 5.41) is 1.74. The van der Waals surface area contributed by atoms with Gasteiger partial charge in [-0.1, -0.05) is 23.2 Å². The van der Waals surface area contributed by atoms with Crippen LogP contribution in [-0.2, 0) is 0 Å². The van der Waals surface area contributed by atoms with Crippen LogP contribution in [0.5, 0.6) is 5.75 Å². The van der Waals surface area contributed by atoms with Crippen molar-refractivity contribution in [3.05, 3.63) is 57.3 Å². The first-order valence-corrected chi connectivity index (χ1v) is 8.82. The number of amides is 3. The first kappa shape index (κ1) is 26.4. The summed E-state index contributed by atoms with van der Waals surface area (Å²) in [6.45, 7) is 0. The molecule has 16 heteroatoms. The van der Waals surface area contributed by atoms with Crippen molar-refractivity contribution >= 4 is 40.8 Å². The molecule has 2 N–H and O–H groups in total. The number of nitrogens with one attached hydrogen (secondary N) is 2. The summed E-state index contributed by atoms with van der Waals surface area (Å²) in [5.41, 5.74) is -1.84. The fourth-order valence-electron chi connectivity index (χ4n) is 2.17. The lowest BCUT2D eigenvalue weighted by Gasteiger charge is -2.24. The maximum absolute atomic E-state index is 13.6. The first-order valence-electron chi connectivity index (χ1n) is 8.06. The van der Waals surface area contributed by atoms with Crippen molar-refractivity contribution in [2.24, 2.45) is 0 Å². The molecule has 5 nitrogen and oxygen atoms in total. The highest BCUT2D eigenvalue weighted by molar-refractivity contribution is 6.36. The minimum absolute atomic E-state index is 0.168. The molecule has 2 aromatic carbocycles. The number of imide groups is 1. The Balaban J connectivity index is 2.17. The normalized spacial score (nSPS) is 12.8. The van der Waals surface area contributed by atoms with Gasteiger partial charge in [0.05, 0.1) is 15.7 Å². The number of rotatable bonds is 5. The van der Waals surface area contributed by atoms with E-state index in [0.717, 1.165) is 0 Å². The van der Waals surface area contributed by atoms with Crippen molar-refractivity contribution in [2.45, 2.75) is 18.5 Å². The third-order valence-electron chi connectivity index (χ3n) is 3.56. The highest BCUT2D eigenvalue weighted by atomic mass is 35.5. The summed E-state index contributed by atoms with van der Waals surface area (Å²) < 4.78 is 120. The number of urea groups is 1. The minimum atomic E-state index is -5.96. The summed E-state index contributed by atoms with van der Waals surface area (Å²) in [6, 6.07) is -0.165. The van der Waals surface area contributed by atoms with Gasteiger partial charge in [-0.15, -0.1) is 0 Å². The number of ether oxygens (including phenoxy) is 1. The molecule has 33 heavy (non-hydrogen) atoms. The topological polar surface area (TPSA) is 67.4 Å². The smallest absolute Gasteiger partial charge is 0.428 e. The molecule has 0 radical (unpaired) electrons. The molecule has 1 atom stereocenters. The van der Waals surface area contributed by atoms with Crippen molar-refractivity contribution in [3.63, 3.8) is 0 Å². The maximum atomic E-state index is 13.6. The van der Waals surface area contributed by atoms with Crippen LogP contribution in [0.3, 0.4) is 0 Å². The molecule has 3 amide bonds. The molecule has 0 heterocycles. The van der Waals surface area contributed by atoms with Crippen LogP contribution in [-0.4, -0.2) is 30.4 Å². The van der Waals surface area contributed by atoms with Crippen LogP contribution >= 0.6 is 23.2 Å². The lowest BCUT2D eigenvalue weighted by molar-refractivity contribution is -0.304. The van der Waals surface area contributed by atoms with Gasteiger partial charge >= 0.3 is 18.3 Å². The van der Waals surface area contributed by atoms with Crippen LogP contribution in [0.15, 0.2) is 24.3 Å². The van der Waals surface area contributed by atoms with E-state index in [9.17, 15) is 49.1 Å². The molecule has 2 aromatic rings. The summed E-state index contributed by atoms with van der Waals surface area (Å²) in [7, 11) is 0. The zero-order valence-electron chi connectivity index (χ0n) is 15.3. The van der Waals surface area contributed by atoms with Crippen molar-refractivity contribution in [3.8, 4) is 5.75 Å². The number of alkyl halides is 6. The molecule has 0 saturated carbocycles. The van der Waals surface area contributed by atoms with Crippen LogP contribution in [0.2, 0.25) is 10.0 Å². The zero-order chi connectivity index (χ0) is 25.3. The number of carbonyl (C=O) groups excluding carboxylic acids is 2. The summed E-state index contributed by atoms with van der Waals surface area (Å²) in [4.78, 5) is 23.7. The fraction of sp³-hybridized carbons (Fsp3) is 0.176. The molecule has 1 unspecified atom stereocenters. The lowest BCUT2D eigenvalue weighted by atomic mass is 10.2. The molecule has 0 aliphatic heterocycles. The van der Waals surface area contributed by atoms with Crippen molar-refractivity contribution < 1.29 is 53.8 Å². The van der Waals surface area contributed by atoms with E-state index in [1.54, 1.807) is 0 Å².